The van der Waals surface area contributed by atoms with Crippen molar-refractivity contribution in [3.05, 3.63) is 59.7 Å². The van der Waals surface area contributed by atoms with Gasteiger partial charge in [0.25, 0.3) is 5.91 Å². The third-order valence-corrected chi connectivity index (χ3v) is 4.36. The lowest BCUT2D eigenvalue weighted by Crippen LogP contribution is -2.41. The van der Waals surface area contributed by atoms with Crippen molar-refractivity contribution in [1.82, 2.24) is 16.0 Å². The van der Waals surface area contributed by atoms with Crippen molar-refractivity contribution in [2.45, 2.75) is 27.2 Å². The fraction of sp³-hybridized carbons (Fsp3) is 0.417. The molecule has 0 saturated carbocycles. The largest absolute Gasteiger partial charge is 0.490 e. The Labute approximate surface area is 208 Å². The van der Waals surface area contributed by atoms with Crippen molar-refractivity contribution in [3.63, 3.8) is 0 Å². The Bertz CT molecular complexity index is 831. The summed E-state index contributed by atoms with van der Waals surface area (Å²) in [5, 5.41) is 9.38. The van der Waals surface area contributed by atoms with Gasteiger partial charge in [-0.1, -0.05) is 24.3 Å². The fourth-order valence-electron chi connectivity index (χ4n) is 2.94. The molecule has 0 aromatic heterocycles. The van der Waals surface area contributed by atoms with Crippen molar-refractivity contribution < 1.29 is 14.3 Å². The second-order valence-electron chi connectivity index (χ2n) is 6.71. The van der Waals surface area contributed by atoms with Crippen LogP contribution in [0.25, 0.3) is 0 Å². The van der Waals surface area contributed by atoms with Crippen molar-refractivity contribution in [2.75, 3.05) is 39.4 Å². The third-order valence-electron chi connectivity index (χ3n) is 4.36. The van der Waals surface area contributed by atoms with Crippen LogP contribution in [-0.4, -0.2) is 51.3 Å². The second-order valence-corrected chi connectivity index (χ2v) is 6.71. The predicted octanol–water partition coefficient (Wildman–Crippen LogP) is 3.63. The average molecular weight is 554 g/mol. The second kappa shape index (κ2) is 16.2. The summed E-state index contributed by atoms with van der Waals surface area (Å²) in [4.78, 5) is 16.7. The zero-order chi connectivity index (χ0) is 22.3. The number of guanidine groups is 1. The van der Waals surface area contributed by atoms with Crippen molar-refractivity contribution >= 4 is 35.8 Å². The lowest BCUT2D eigenvalue weighted by atomic mass is 10.1. The van der Waals surface area contributed by atoms with E-state index in [4.69, 9.17) is 9.47 Å². The Hall–Kier alpha value is -2.49. The molecular weight excluding hydrogens is 519 g/mol. The van der Waals surface area contributed by atoms with E-state index < -0.39 is 0 Å². The number of aliphatic imine (C=N–C) groups is 1. The molecule has 0 aliphatic carbocycles. The molecule has 1 amide bonds. The highest BCUT2D eigenvalue weighted by atomic mass is 127. The lowest BCUT2D eigenvalue weighted by molar-refractivity contribution is 0.0954. The third kappa shape index (κ3) is 9.76. The first-order chi connectivity index (χ1) is 15.2. The van der Waals surface area contributed by atoms with Gasteiger partial charge in [0.15, 0.2) is 17.5 Å². The van der Waals surface area contributed by atoms with Crippen molar-refractivity contribution in [2.24, 2.45) is 4.99 Å². The van der Waals surface area contributed by atoms with Gasteiger partial charge in [-0.25, -0.2) is 0 Å². The molecular formula is C24H35IN4O3. The van der Waals surface area contributed by atoms with Gasteiger partial charge in [0.2, 0.25) is 0 Å². The first-order valence-corrected chi connectivity index (χ1v) is 10.9. The zero-order valence-electron chi connectivity index (χ0n) is 19.1. The molecule has 0 aliphatic heterocycles. The molecule has 0 atom stereocenters. The topological polar surface area (TPSA) is 84.0 Å². The summed E-state index contributed by atoms with van der Waals surface area (Å²) in [6.45, 7) is 9.63. The molecule has 3 N–H and O–H groups in total. The van der Waals surface area contributed by atoms with Gasteiger partial charge in [-0.05, 0) is 57.0 Å². The maximum Gasteiger partial charge on any atom is 0.251 e. The summed E-state index contributed by atoms with van der Waals surface area (Å²) in [5.74, 6) is 2.19. The van der Waals surface area contributed by atoms with Gasteiger partial charge in [0.05, 0.1) is 13.2 Å². The van der Waals surface area contributed by atoms with E-state index >= 15 is 0 Å². The number of nitrogens with one attached hydrogen (secondary N) is 3. The number of hydrogen-bond acceptors (Lipinski definition) is 4. The maximum atomic E-state index is 12.1. The number of carbonyl (C=O) groups is 1. The first kappa shape index (κ1) is 27.5. The average Bonchev–Trinajstić information content (AvgIpc) is 2.79. The molecule has 32 heavy (non-hydrogen) atoms. The lowest BCUT2D eigenvalue weighted by Gasteiger charge is -2.13. The molecule has 7 nitrogen and oxygen atoms in total. The quantitative estimate of drug-likeness (QED) is 0.162. The number of halogens is 1. The normalized spacial score (nSPS) is 10.7. The summed E-state index contributed by atoms with van der Waals surface area (Å²) in [7, 11) is 0. The van der Waals surface area contributed by atoms with Crippen molar-refractivity contribution in [3.8, 4) is 11.5 Å². The smallest absolute Gasteiger partial charge is 0.251 e. The van der Waals surface area contributed by atoms with Gasteiger partial charge in [0.1, 0.15) is 0 Å². The van der Waals surface area contributed by atoms with Crippen LogP contribution in [0.5, 0.6) is 11.5 Å². The van der Waals surface area contributed by atoms with Crippen LogP contribution < -0.4 is 25.4 Å². The van der Waals surface area contributed by atoms with Gasteiger partial charge in [-0.15, -0.1) is 24.0 Å². The Kier molecular flexibility index (Phi) is 13.9. The summed E-state index contributed by atoms with van der Waals surface area (Å²) in [6.07, 6.45) is 0.786. The molecule has 0 aliphatic rings. The minimum atomic E-state index is -0.0788. The number of benzene rings is 2. The minimum absolute atomic E-state index is 0. The number of amides is 1. The van der Waals surface area contributed by atoms with E-state index in [2.05, 4.69) is 20.9 Å². The van der Waals surface area contributed by atoms with Gasteiger partial charge < -0.3 is 25.4 Å². The van der Waals surface area contributed by atoms with E-state index in [1.807, 2.05) is 57.2 Å². The Morgan fingerprint density at radius 2 is 1.56 bits per heavy atom. The van der Waals surface area contributed by atoms with Gasteiger partial charge in [0, 0.05) is 31.7 Å². The Morgan fingerprint density at radius 3 is 2.25 bits per heavy atom. The van der Waals surface area contributed by atoms with E-state index in [1.54, 1.807) is 12.1 Å². The van der Waals surface area contributed by atoms with Crippen molar-refractivity contribution in [1.29, 1.82) is 0 Å². The standard InChI is InChI=1S/C24H34N4O3.HI/c1-4-25-24(28-17-16-26-23(29)20-10-8-7-9-11-20)27-15-14-19-12-13-21(30-5-2)22(18-19)31-6-3;/h7-13,18H,4-6,14-17H2,1-3H3,(H,26,29)(H2,25,27,28);1H. The first-order valence-electron chi connectivity index (χ1n) is 10.9. The van der Waals surface area contributed by atoms with Crippen LogP contribution in [0.1, 0.15) is 36.7 Å². The van der Waals surface area contributed by atoms with Gasteiger partial charge in [-0.2, -0.15) is 0 Å². The molecule has 0 saturated heterocycles. The zero-order valence-corrected chi connectivity index (χ0v) is 21.5. The number of nitrogens with zero attached hydrogens (tertiary/aromatic N) is 1. The summed E-state index contributed by atoms with van der Waals surface area (Å²) in [6, 6.07) is 15.2. The summed E-state index contributed by atoms with van der Waals surface area (Å²) in [5.41, 5.74) is 1.80. The molecule has 2 aromatic carbocycles. The molecule has 2 rings (SSSR count). The highest BCUT2D eigenvalue weighted by Crippen LogP contribution is 2.28. The van der Waals surface area contributed by atoms with Gasteiger partial charge in [-0.3, -0.25) is 9.79 Å². The van der Waals surface area contributed by atoms with Crippen LogP contribution in [0.15, 0.2) is 53.5 Å². The van der Waals surface area contributed by atoms with Crippen LogP contribution in [0.3, 0.4) is 0 Å². The molecule has 0 radical (unpaired) electrons. The summed E-state index contributed by atoms with van der Waals surface area (Å²) >= 11 is 0. The number of hydrogen-bond donors (Lipinski definition) is 3. The molecule has 0 unspecified atom stereocenters. The Balaban J connectivity index is 0.00000512. The molecule has 0 heterocycles. The highest BCUT2D eigenvalue weighted by molar-refractivity contribution is 14.0. The maximum absolute atomic E-state index is 12.1. The van der Waals surface area contributed by atoms with Gasteiger partial charge >= 0.3 is 0 Å². The summed E-state index contributed by atoms with van der Waals surface area (Å²) < 4.78 is 11.3. The van der Waals surface area contributed by atoms with E-state index in [0.717, 1.165) is 36.0 Å². The molecule has 0 spiro atoms. The molecule has 8 heteroatoms. The van der Waals surface area contributed by atoms with Crippen LogP contribution in [0.4, 0.5) is 0 Å². The van der Waals surface area contributed by atoms with E-state index in [1.165, 1.54) is 0 Å². The number of ether oxygens (including phenoxy) is 2. The highest BCUT2D eigenvalue weighted by Gasteiger charge is 2.07. The number of rotatable bonds is 12. The molecule has 176 valence electrons. The van der Waals surface area contributed by atoms with E-state index in [-0.39, 0.29) is 29.9 Å². The van der Waals surface area contributed by atoms with Crippen LogP contribution in [0.2, 0.25) is 0 Å². The number of carbonyl (C=O) groups excluding carboxylic acids is 1. The SMILES string of the molecule is CCNC(=NCCc1ccc(OCC)c(OCC)c1)NCCNC(=O)c1ccccc1.I. The van der Waals surface area contributed by atoms with Crippen LogP contribution >= 0.6 is 24.0 Å². The Morgan fingerprint density at radius 1 is 0.875 bits per heavy atom. The monoisotopic (exact) mass is 554 g/mol. The molecule has 2 aromatic rings. The van der Waals surface area contributed by atoms with E-state index in [0.29, 0.717) is 38.4 Å². The molecule has 0 fully saturated rings. The fourth-order valence-corrected chi connectivity index (χ4v) is 2.94. The van der Waals surface area contributed by atoms with Crippen LogP contribution in [-0.2, 0) is 6.42 Å². The predicted molar refractivity (Wildman–Crippen MR) is 141 cm³/mol. The van der Waals surface area contributed by atoms with Crippen LogP contribution in [0, 0.1) is 0 Å². The minimum Gasteiger partial charge on any atom is -0.490 e. The molecule has 0 bridgehead atoms. The van der Waals surface area contributed by atoms with E-state index in [9.17, 15) is 4.79 Å².